The van der Waals surface area contributed by atoms with Gasteiger partial charge in [-0.3, -0.25) is 14.5 Å². The third-order valence-corrected chi connectivity index (χ3v) is 5.58. The molecule has 2 fully saturated rings. The fraction of sp³-hybridized carbons (Fsp3) is 0.778. The van der Waals surface area contributed by atoms with E-state index in [0.717, 1.165) is 0 Å². The summed E-state index contributed by atoms with van der Waals surface area (Å²) in [6.07, 6.45) is 1.14. The number of amides is 2. The van der Waals surface area contributed by atoms with Gasteiger partial charge in [0, 0.05) is 13.8 Å². The van der Waals surface area contributed by atoms with Crippen LogP contribution in [0, 0.1) is 0 Å². The Balaban J connectivity index is 2.17. The highest BCUT2D eigenvalue weighted by Crippen LogP contribution is 2.52. The predicted octanol–water partition coefficient (Wildman–Crippen LogP) is 0.163. The second-order valence-corrected chi connectivity index (χ2v) is 7.52. The summed E-state index contributed by atoms with van der Waals surface area (Å²) in [7, 11) is -2.45. The van der Waals surface area contributed by atoms with Crippen LogP contribution in [0.25, 0.3) is 0 Å². The molecule has 2 saturated heterocycles. The summed E-state index contributed by atoms with van der Waals surface area (Å²) >= 11 is 0. The van der Waals surface area contributed by atoms with E-state index in [-0.39, 0.29) is 11.8 Å². The largest absolute Gasteiger partial charge is 0.323 e. The molecule has 2 amide bonds. The van der Waals surface area contributed by atoms with Gasteiger partial charge in [0.2, 0.25) is 11.8 Å². The highest BCUT2D eigenvalue weighted by Gasteiger charge is 2.41. The minimum absolute atomic E-state index is 0.0544. The Morgan fingerprint density at radius 1 is 0.938 bits per heavy atom. The number of hydrogen-bond donors (Lipinski definition) is 0. The number of rotatable bonds is 0. The number of carbonyl (C=O) groups excluding carboxylic acids is 2. The van der Waals surface area contributed by atoms with Gasteiger partial charge >= 0.3 is 0 Å². The minimum Gasteiger partial charge on any atom is -0.323 e. The van der Waals surface area contributed by atoms with Crippen molar-refractivity contribution in [1.29, 1.82) is 0 Å². The second kappa shape index (κ2) is 3.86. The van der Waals surface area contributed by atoms with Gasteiger partial charge in [-0.15, -0.1) is 0 Å². The van der Waals surface area contributed by atoms with E-state index >= 15 is 0 Å². The van der Waals surface area contributed by atoms with Gasteiger partial charge in [0.25, 0.3) is 0 Å². The molecule has 16 heavy (non-hydrogen) atoms. The zero-order chi connectivity index (χ0) is 11.9. The fourth-order valence-electron chi connectivity index (χ4n) is 2.23. The van der Waals surface area contributed by atoms with Gasteiger partial charge in [-0.1, -0.05) is 0 Å². The highest BCUT2D eigenvalue weighted by atomic mass is 31.2. The molecule has 0 aromatic rings. The Bertz CT molecular complexity index is 354. The van der Waals surface area contributed by atoms with E-state index in [1.807, 2.05) is 4.90 Å². The first kappa shape index (κ1) is 11.6. The van der Waals surface area contributed by atoms with Crippen LogP contribution in [-0.2, 0) is 14.2 Å². The highest BCUT2D eigenvalue weighted by molar-refractivity contribution is 7.63. The predicted molar refractivity (Wildman–Crippen MR) is 58.8 cm³/mol. The third-order valence-electron chi connectivity index (χ3n) is 2.95. The van der Waals surface area contributed by atoms with Crippen molar-refractivity contribution < 1.29 is 14.2 Å². The SMILES string of the molecule is CC(=O)N1CN2CN(C(C)=O)CP(=O)(C2)C1. The number of nitrogens with zero attached hydrogens (tertiary/aromatic N) is 3. The van der Waals surface area contributed by atoms with Gasteiger partial charge in [-0.05, 0) is 0 Å². The lowest BCUT2D eigenvalue weighted by Gasteiger charge is -2.47. The maximum atomic E-state index is 12.5. The van der Waals surface area contributed by atoms with E-state index < -0.39 is 7.14 Å². The van der Waals surface area contributed by atoms with Crippen molar-refractivity contribution in [2.24, 2.45) is 0 Å². The Kier molecular flexibility index (Phi) is 2.80. The lowest BCUT2D eigenvalue weighted by molar-refractivity contribution is -0.134. The Labute approximate surface area is 94.5 Å². The summed E-state index contributed by atoms with van der Waals surface area (Å²) in [5, 5.41) is 0. The molecular formula is C9H16N3O3P. The van der Waals surface area contributed by atoms with E-state index in [1.54, 1.807) is 9.80 Å². The van der Waals surface area contributed by atoms with Crippen molar-refractivity contribution in [2.45, 2.75) is 13.8 Å². The van der Waals surface area contributed by atoms with Crippen LogP contribution in [0.2, 0.25) is 0 Å². The first-order valence-corrected chi connectivity index (χ1v) is 7.46. The Morgan fingerprint density at radius 3 is 1.69 bits per heavy atom. The molecule has 2 rings (SSSR count). The first-order valence-electron chi connectivity index (χ1n) is 5.20. The zero-order valence-electron chi connectivity index (χ0n) is 9.55. The number of carbonyl (C=O) groups is 2. The Hall–Kier alpha value is -0.870. The van der Waals surface area contributed by atoms with Gasteiger partial charge < -0.3 is 14.4 Å². The molecule has 7 heteroatoms. The molecule has 0 aromatic heterocycles. The summed E-state index contributed by atoms with van der Waals surface area (Å²) in [5.41, 5.74) is 0. The van der Waals surface area contributed by atoms with Gasteiger partial charge in [-0.25, -0.2) is 0 Å². The third kappa shape index (κ3) is 2.13. The van der Waals surface area contributed by atoms with Crippen LogP contribution in [-0.4, -0.2) is 58.7 Å². The summed E-state index contributed by atoms with van der Waals surface area (Å²) in [6, 6.07) is 0. The molecule has 0 spiro atoms. The van der Waals surface area contributed by atoms with Crippen LogP contribution in [0.3, 0.4) is 0 Å². The average molecular weight is 245 g/mol. The number of hydrogen-bond acceptors (Lipinski definition) is 4. The smallest absolute Gasteiger partial charge is 0.220 e. The lowest BCUT2D eigenvalue weighted by Crippen LogP contribution is -2.56. The summed E-state index contributed by atoms with van der Waals surface area (Å²) in [4.78, 5) is 27.7. The Morgan fingerprint density at radius 2 is 1.38 bits per heavy atom. The first-order chi connectivity index (χ1) is 7.39. The molecule has 0 N–H and O–H groups in total. The molecular weight excluding hydrogens is 229 g/mol. The molecule has 0 aromatic carbocycles. The molecule has 2 aliphatic rings. The quantitative estimate of drug-likeness (QED) is 0.570. The molecule has 2 heterocycles. The number of fused-ring (bicyclic) bond motifs is 2. The van der Waals surface area contributed by atoms with E-state index in [1.165, 1.54) is 13.8 Å². The van der Waals surface area contributed by atoms with Crippen LogP contribution in [0.15, 0.2) is 0 Å². The van der Waals surface area contributed by atoms with Crippen molar-refractivity contribution >= 4 is 19.0 Å². The maximum Gasteiger partial charge on any atom is 0.220 e. The van der Waals surface area contributed by atoms with E-state index in [2.05, 4.69) is 0 Å². The molecule has 90 valence electrons. The fourth-order valence-corrected chi connectivity index (χ4v) is 5.22. The van der Waals surface area contributed by atoms with Gasteiger partial charge in [0.05, 0.1) is 32.2 Å². The van der Waals surface area contributed by atoms with Crippen molar-refractivity contribution in [2.75, 3.05) is 32.2 Å². The van der Waals surface area contributed by atoms with Gasteiger partial charge in [0.15, 0.2) is 0 Å². The van der Waals surface area contributed by atoms with Crippen molar-refractivity contribution in [1.82, 2.24) is 14.7 Å². The monoisotopic (exact) mass is 245 g/mol. The van der Waals surface area contributed by atoms with Crippen LogP contribution >= 0.6 is 7.14 Å². The summed E-state index contributed by atoms with van der Waals surface area (Å²) in [5.74, 6) is -0.109. The second-order valence-electron chi connectivity index (χ2n) is 4.55. The standard InChI is InChI=1S/C9H16N3O3P/c1-8(13)11-3-10-4-12(9(2)14)7-16(15,5-10)6-11/h3-7H2,1-2H3. The van der Waals surface area contributed by atoms with Crippen LogP contribution in [0.1, 0.15) is 13.8 Å². The van der Waals surface area contributed by atoms with Gasteiger partial charge in [-0.2, -0.15) is 0 Å². The molecule has 0 unspecified atom stereocenters. The normalized spacial score (nSPS) is 33.8. The van der Waals surface area contributed by atoms with Crippen molar-refractivity contribution in [3.63, 3.8) is 0 Å². The van der Waals surface area contributed by atoms with E-state index in [0.29, 0.717) is 32.2 Å². The van der Waals surface area contributed by atoms with Crippen molar-refractivity contribution in [3.8, 4) is 0 Å². The lowest BCUT2D eigenvalue weighted by atomic mass is 10.5. The van der Waals surface area contributed by atoms with Crippen LogP contribution in [0.4, 0.5) is 0 Å². The average Bonchev–Trinajstić information content (AvgIpc) is 2.14. The maximum absolute atomic E-state index is 12.5. The minimum atomic E-state index is -2.45. The zero-order valence-corrected chi connectivity index (χ0v) is 10.4. The van der Waals surface area contributed by atoms with E-state index in [4.69, 9.17) is 0 Å². The molecule has 0 radical (unpaired) electrons. The molecule has 0 saturated carbocycles. The molecule has 0 aliphatic carbocycles. The summed E-state index contributed by atoms with van der Waals surface area (Å²) < 4.78 is 12.5. The molecule has 2 bridgehead atoms. The molecule has 6 nitrogen and oxygen atoms in total. The topological polar surface area (TPSA) is 60.9 Å². The van der Waals surface area contributed by atoms with Gasteiger partial charge in [0.1, 0.15) is 7.14 Å². The molecule has 0 atom stereocenters. The summed E-state index contributed by atoms with van der Waals surface area (Å²) in [6.45, 7) is 3.92. The molecule has 2 aliphatic heterocycles. The van der Waals surface area contributed by atoms with Crippen LogP contribution in [0.5, 0.6) is 0 Å². The van der Waals surface area contributed by atoms with Crippen LogP contribution < -0.4 is 0 Å². The van der Waals surface area contributed by atoms with Crippen molar-refractivity contribution in [3.05, 3.63) is 0 Å². The van der Waals surface area contributed by atoms with E-state index in [9.17, 15) is 14.2 Å².